The fraction of sp³-hybridized carbons (Fsp3) is 0.458. The molecule has 1 saturated heterocycles. The number of carbonyl (C=O) groups excluding carboxylic acids is 1. The fourth-order valence-corrected chi connectivity index (χ4v) is 5.01. The number of hydrogen-bond donors (Lipinski definition) is 1. The molecule has 168 valence electrons. The van der Waals surface area contributed by atoms with Crippen molar-refractivity contribution in [2.45, 2.75) is 56.9 Å². The molecule has 1 aliphatic heterocycles. The summed E-state index contributed by atoms with van der Waals surface area (Å²) in [6.45, 7) is 9.58. The average Bonchev–Trinajstić information content (AvgIpc) is 3.26. The van der Waals surface area contributed by atoms with E-state index in [1.54, 1.807) is 11.0 Å². The lowest BCUT2D eigenvalue weighted by atomic mass is 9.86. The molecular formula is C24H32N2O4S. The third-order valence-corrected chi connectivity index (χ3v) is 7.25. The van der Waals surface area contributed by atoms with Gasteiger partial charge in [-0.1, -0.05) is 45.0 Å². The van der Waals surface area contributed by atoms with Gasteiger partial charge in [0, 0.05) is 19.1 Å². The van der Waals surface area contributed by atoms with Crippen molar-refractivity contribution in [1.29, 1.82) is 0 Å². The summed E-state index contributed by atoms with van der Waals surface area (Å²) >= 11 is 0. The van der Waals surface area contributed by atoms with E-state index in [2.05, 4.69) is 25.5 Å². The fourth-order valence-electron chi connectivity index (χ4n) is 3.75. The van der Waals surface area contributed by atoms with Crippen molar-refractivity contribution in [2.75, 3.05) is 20.2 Å². The number of hydrogen-bond acceptors (Lipinski definition) is 4. The molecule has 0 aliphatic carbocycles. The molecule has 1 N–H and O–H groups in total. The van der Waals surface area contributed by atoms with Crippen LogP contribution in [0.1, 0.15) is 68.1 Å². The lowest BCUT2D eigenvalue weighted by molar-refractivity contribution is 0.0789. The Morgan fingerprint density at radius 2 is 1.68 bits per heavy atom. The molecular weight excluding hydrogens is 412 g/mol. The van der Waals surface area contributed by atoms with Crippen LogP contribution in [0.15, 0.2) is 47.4 Å². The van der Waals surface area contributed by atoms with Crippen LogP contribution in [-0.4, -0.2) is 39.4 Å². The Balaban J connectivity index is 1.84. The summed E-state index contributed by atoms with van der Waals surface area (Å²) in [5, 5.41) is 0. The topological polar surface area (TPSA) is 75.7 Å². The van der Waals surface area contributed by atoms with Crippen molar-refractivity contribution in [3.63, 3.8) is 0 Å². The smallest absolute Gasteiger partial charge is 0.257 e. The third-order valence-electron chi connectivity index (χ3n) is 5.71. The summed E-state index contributed by atoms with van der Waals surface area (Å²) in [6, 6.07) is 12.0. The van der Waals surface area contributed by atoms with Crippen molar-refractivity contribution in [1.82, 2.24) is 9.62 Å². The Bertz CT molecular complexity index is 1030. The summed E-state index contributed by atoms with van der Waals surface area (Å²) in [5.41, 5.74) is 2.36. The van der Waals surface area contributed by atoms with Crippen molar-refractivity contribution in [2.24, 2.45) is 0 Å². The first-order valence-corrected chi connectivity index (χ1v) is 12.1. The van der Waals surface area contributed by atoms with Crippen LogP contribution in [0.4, 0.5) is 0 Å². The van der Waals surface area contributed by atoms with Gasteiger partial charge in [0.25, 0.3) is 5.91 Å². The van der Waals surface area contributed by atoms with Gasteiger partial charge in [-0.2, -0.15) is 0 Å². The van der Waals surface area contributed by atoms with Gasteiger partial charge in [-0.05, 0) is 54.5 Å². The number of nitrogens with one attached hydrogen (secondary N) is 1. The SMILES string of the molecule is COc1ccc(S(=O)(=O)N[C@H](C)c2ccc(C(C)(C)C)cc2)cc1C(=O)N1CCCC1. The van der Waals surface area contributed by atoms with Crippen molar-refractivity contribution < 1.29 is 17.9 Å². The van der Waals surface area contributed by atoms with Gasteiger partial charge in [-0.3, -0.25) is 4.79 Å². The molecule has 1 aliphatic rings. The molecule has 1 amide bonds. The predicted octanol–water partition coefficient (Wildman–Crippen LogP) is 4.27. The maximum absolute atomic E-state index is 13.1. The first kappa shape index (κ1) is 23.3. The lowest BCUT2D eigenvalue weighted by Crippen LogP contribution is -2.29. The second-order valence-electron chi connectivity index (χ2n) is 9.08. The second kappa shape index (κ2) is 9.01. The summed E-state index contributed by atoms with van der Waals surface area (Å²) in [6.07, 6.45) is 1.91. The zero-order valence-electron chi connectivity index (χ0n) is 18.9. The van der Waals surface area contributed by atoms with Gasteiger partial charge in [0.2, 0.25) is 10.0 Å². The molecule has 2 aromatic rings. The van der Waals surface area contributed by atoms with Crippen LogP contribution in [-0.2, 0) is 15.4 Å². The maximum atomic E-state index is 13.1. The Morgan fingerprint density at radius 3 is 2.23 bits per heavy atom. The minimum atomic E-state index is -3.83. The Labute approximate surface area is 185 Å². The number of nitrogens with zero attached hydrogens (tertiary/aromatic N) is 1. The molecule has 0 saturated carbocycles. The van der Waals surface area contributed by atoms with Gasteiger partial charge < -0.3 is 9.64 Å². The number of amides is 1. The van der Waals surface area contributed by atoms with Crippen LogP contribution in [0, 0.1) is 0 Å². The number of rotatable bonds is 6. The first-order valence-electron chi connectivity index (χ1n) is 10.6. The molecule has 2 aromatic carbocycles. The normalized spacial score (nSPS) is 15.7. The van der Waals surface area contributed by atoms with E-state index in [0.29, 0.717) is 18.8 Å². The molecule has 1 fully saturated rings. The van der Waals surface area contributed by atoms with Crippen LogP contribution in [0.3, 0.4) is 0 Å². The molecule has 0 bridgehead atoms. The number of ether oxygens (including phenoxy) is 1. The quantitative estimate of drug-likeness (QED) is 0.722. The van der Waals surface area contributed by atoms with Gasteiger partial charge in [-0.15, -0.1) is 0 Å². The highest BCUT2D eigenvalue weighted by Gasteiger charge is 2.26. The van der Waals surface area contributed by atoms with E-state index in [0.717, 1.165) is 18.4 Å². The zero-order chi connectivity index (χ0) is 22.8. The highest BCUT2D eigenvalue weighted by Crippen LogP contribution is 2.27. The predicted molar refractivity (Wildman–Crippen MR) is 122 cm³/mol. The van der Waals surface area contributed by atoms with E-state index in [-0.39, 0.29) is 21.8 Å². The average molecular weight is 445 g/mol. The monoisotopic (exact) mass is 444 g/mol. The molecule has 0 spiro atoms. The summed E-state index contributed by atoms with van der Waals surface area (Å²) in [5.74, 6) is 0.180. The largest absolute Gasteiger partial charge is 0.496 e. The van der Waals surface area contributed by atoms with E-state index in [1.165, 1.54) is 24.8 Å². The number of likely N-dealkylation sites (tertiary alicyclic amines) is 1. The van der Waals surface area contributed by atoms with Gasteiger partial charge >= 0.3 is 0 Å². The second-order valence-corrected chi connectivity index (χ2v) is 10.8. The van der Waals surface area contributed by atoms with Crippen LogP contribution >= 0.6 is 0 Å². The molecule has 3 rings (SSSR count). The summed E-state index contributed by atoms with van der Waals surface area (Å²) < 4.78 is 34.2. The van der Waals surface area contributed by atoms with Crippen LogP contribution in [0.5, 0.6) is 5.75 Å². The molecule has 0 aromatic heterocycles. The number of methoxy groups -OCH3 is 1. The molecule has 6 nitrogen and oxygen atoms in total. The standard InChI is InChI=1S/C24H32N2O4S/c1-17(18-8-10-19(11-9-18)24(2,3)4)25-31(28,29)20-12-13-22(30-5)21(16-20)23(27)26-14-6-7-15-26/h8-13,16-17,25H,6-7,14-15H2,1-5H3/t17-/m1/s1. The number of benzene rings is 2. The maximum Gasteiger partial charge on any atom is 0.257 e. The molecule has 0 unspecified atom stereocenters. The minimum absolute atomic E-state index is 0.0304. The van der Waals surface area contributed by atoms with Crippen molar-refractivity contribution >= 4 is 15.9 Å². The Kier molecular flexibility index (Phi) is 6.76. The molecule has 31 heavy (non-hydrogen) atoms. The highest BCUT2D eigenvalue weighted by atomic mass is 32.2. The first-order chi connectivity index (χ1) is 14.5. The number of carbonyl (C=O) groups is 1. The van der Waals surface area contributed by atoms with Gasteiger partial charge in [-0.25, -0.2) is 13.1 Å². The Morgan fingerprint density at radius 1 is 1.06 bits per heavy atom. The van der Waals surface area contributed by atoms with Crippen LogP contribution in [0.2, 0.25) is 0 Å². The van der Waals surface area contributed by atoms with Crippen molar-refractivity contribution in [3.05, 3.63) is 59.2 Å². The summed E-state index contributed by atoms with van der Waals surface area (Å²) in [7, 11) is -2.35. The van der Waals surface area contributed by atoms with E-state index >= 15 is 0 Å². The molecule has 7 heteroatoms. The highest BCUT2D eigenvalue weighted by molar-refractivity contribution is 7.89. The molecule has 0 radical (unpaired) electrons. The zero-order valence-corrected chi connectivity index (χ0v) is 19.8. The summed E-state index contributed by atoms with van der Waals surface area (Å²) in [4.78, 5) is 14.7. The van der Waals surface area contributed by atoms with E-state index < -0.39 is 16.1 Å². The van der Waals surface area contributed by atoms with E-state index in [9.17, 15) is 13.2 Å². The van der Waals surface area contributed by atoms with Crippen molar-refractivity contribution in [3.8, 4) is 5.75 Å². The van der Waals surface area contributed by atoms with Gasteiger partial charge in [0.15, 0.2) is 0 Å². The van der Waals surface area contributed by atoms with Gasteiger partial charge in [0.05, 0.1) is 17.6 Å². The van der Waals surface area contributed by atoms with E-state index in [1.807, 2.05) is 31.2 Å². The van der Waals surface area contributed by atoms with Gasteiger partial charge in [0.1, 0.15) is 5.75 Å². The van der Waals surface area contributed by atoms with Crippen LogP contribution < -0.4 is 9.46 Å². The third kappa shape index (κ3) is 5.28. The number of sulfonamides is 1. The van der Waals surface area contributed by atoms with Crippen LogP contribution in [0.25, 0.3) is 0 Å². The minimum Gasteiger partial charge on any atom is -0.496 e. The molecule has 1 atom stereocenters. The molecule has 1 heterocycles. The lowest BCUT2D eigenvalue weighted by Gasteiger charge is -2.21. The Hall–Kier alpha value is -2.38. The van der Waals surface area contributed by atoms with E-state index in [4.69, 9.17) is 4.74 Å².